The van der Waals surface area contributed by atoms with Gasteiger partial charge < -0.3 is 4.74 Å². The Bertz CT molecular complexity index is 676. The first kappa shape index (κ1) is 17.4. The van der Waals surface area contributed by atoms with E-state index in [9.17, 15) is 14.0 Å². The predicted octanol–water partition coefficient (Wildman–Crippen LogP) is 2.58. The minimum Gasteiger partial charge on any atom is -0.465 e. The molecule has 0 unspecified atom stereocenters. The Kier molecular flexibility index (Phi) is 6.48. The highest BCUT2D eigenvalue weighted by atomic mass is 32.2. The number of nitrogens with zero attached hydrogens (tertiary/aromatic N) is 2. The number of amides is 1. The maximum absolute atomic E-state index is 12.9. The number of ether oxygens (including phenoxy) is 1. The molecular formula is C14H14FN3O3S2. The summed E-state index contributed by atoms with van der Waals surface area (Å²) in [5.74, 6) is -0.714. The summed E-state index contributed by atoms with van der Waals surface area (Å²) in [5.41, 5.74) is 0.723. The number of nitrogens with one attached hydrogen (secondary N) is 1. The number of rotatable bonds is 7. The van der Waals surface area contributed by atoms with Crippen LogP contribution in [0.15, 0.2) is 24.3 Å². The Balaban J connectivity index is 1.83. The zero-order chi connectivity index (χ0) is 16.7. The first-order chi connectivity index (χ1) is 11.1. The summed E-state index contributed by atoms with van der Waals surface area (Å²) < 4.78 is 17.6. The van der Waals surface area contributed by atoms with E-state index in [0.29, 0.717) is 16.7 Å². The van der Waals surface area contributed by atoms with Crippen molar-refractivity contribution < 1.29 is 18.7 Å². The lowest BCUT2D eigenvalue weighted by Gasteiger charge is -2.02. The van der Waals surface area contributed by atoms with Crippen LogP contribution in [0.5, 0.6) is 0 Å². The van der Waals surface area contributed by atoms with Crippen LogP contribution in [0, 0.1) is 5.82 Å². The monoisotopic (exact) mass is 355 g/mol. The van der Waals surface area contributed by atoms with Gasteiger partial charge in [0, 0.05) is 5.56 Å². The summed E-state index contributed by atoms with van der Waals surface area (Å²) >= 11 is 2.35. The zero-order valence-corrected chi connectivity index (χ0v) is 13.9. The molecule has 0 aliphatic heterocycles. The quantitative estimate of drug-likeness (QED) is 0.769. The van der Waals surface area contributed by atoms with Gasteiger partial charge in [0.05, 0.1) is 18.1 Å². The summed E-state index contributed by atoms with van der Waals surface area (Å²) in [6.07, 6.45) is 0. The van der Waals surface area contributed by atoms with Gasteiger partial charge >= 0.3 is 5.97 Å². The maximum atomic E-state index is 12.9. The number of anilines is 1. The fraction of sp³-hybridized carbons (Fsp3) is 0.286. The maximum Gasteiger partial charge on any atom is 0.315 e. The van der Waals surface area contributed by atoms with Crippen LogP contribution < -0.4 is 5.32 Å². The van der Waals surface area contributed by atoms with Crippen molar-refractivity contribution in [3.63, 3.8) is 0 Å². The second-order valence-electron chi connectivity index (χ2n) is 4.27. The number of carbonyl (C=O) groups excluding carboxylic acids is 2. The molecule has 0 fully saturated rings. The van der Waals surface area contributed by atoms with Crippen LogP contribution in [0.3, 0.4) is 0 Å². The number of benzene rings is 1. The van der Waals surface area contributed by atoms with Crippen LogP contribution in [0.2, 0.25) is 0 Å². The SMILES string of the molecule is CCOC(=O)CSCC(=O)Nc1nnc(-c2ccc(F)cc2)s1. The summed E-state index contributed by atoms with van der Waals surface area (Å²) in [5, 5.41) is 11.4. The highest BCUT2D eigenvalue weighted by molar-refractivity contribution is 8.00. The molecule has 1 heterocycles. The Morgan fingerprint density at radius 2 is 2.00 bits per heavy atom. The van der Waals surface area contributed by atoms with Gasteiger partial charge in [-0.3, -0.25) is 14.9 Å². The van der Waals surface area contributed by atoms with E-state index in [1.807, 2.05) is 0 Å². The Hall–Kier alpha value is -2.00. The van der Waals surface area contributed by atoms with E-state index in [-0.39, 0.29) is 29.2 Å². The third-order valence-electron chi connectivity index (χ3n) is 2.52. The molecule has 2 rings (SSSR count). The van der Waals surface area contributed by atoms with Crippen molar-refractivity contribution in [3.05, 3.63) is 30.1 Å². The standard InChI is InChI=1S/C14H14FN3O3S2/c1-2-21-12(20)8-22-7-11(19)16-14-18-17-13(23-14)9-3-5-10(15)6-4-9/h3-6H,2,7-8H2,1H3,(H,16,18,19). The molecule has 0 aliphatic rings. The Morgan fingerprint density at radius 3 is 2.70 bits per heavy atom. The summed E-state index contributed by atoms with van der Waals surface area (Å²) in [7, 11) is 0. The largest absolute Gasteiger partial charge is 0.465 e. The van der Waals surface area contributed by atoms with Crippen molar-refractivity contribution in [2.75, 3.05) is 23.4 Å². The number of thioether (sulfide) groups is 1. The average molecular weight is 355 g/mol. The van der Waals surface area contributed by atoms with E-state index in [1.54, 1.807) is 19.1 Å². The van der Waals surface area contributed by atoms with Crippen molar-refractivity contribution in [2.45, 2.75) is 6.92 Å². The van der Waals surface area contributed by atoms with E-state index in [1.165, 1.54) is 23.5 Å². The van der Waals surface area contributed by atoms with Crippen LogP contribution in [0.4, 0.5) is 9.52 Å². The molecule has 0 spiro atoms. The fourth-order valence-corrected chi connectivity index (χ4v) is 2.94. The molecule has 1 aromatic heterocycles. The molecule has 0 saturated heterocycles. The van der Waals surface area contributed by atoms with Crippen LogP contribution in [-0.2, 0) is 14.3 Å². The second-order valence-corrected chi connectivity index (χ2v) is 6.23. The number of aromatic nitrogens is 2. The van der Waals surface area contributed by atoms with E-state index in [0.717, 1.165) is 17.3 Å². The normalized spacial score (nSPS) is 10.3. The summed E-state index contributed by atoms with van der Waals surface area (Å²) in [6, 6.07) is 5.86. The van der Waals surface area contributed by atoms with Crippen LogP contribution in [0.1, 0.15) is 6.92 Å². The first-order valence-electron chi connectivity index (χ1n) is 6.71. The molecule has 122 valence electrons. The number of halogens is 1. The molecule has 9 heteroatoms. The third-order valence-corrected chi connectivity index (χ3v) is 4.31. The van der Waals surface area contributed by atoms with Gasteiger partial charge in [-0.2, -0.15) is 0 Å². The smallest absolute Gasteiger partial charge is 0.315 e. The molecule has 0 radical (unpaired) electrons. The Morgan fingerprint density at radius 1 is 1.26 bits per heavy atom. The van der Waals surface area contributed by atoms with E-state index >= 15 is 0 Å². The van der Waals surface area contributed by atoms with Crippen LogP contribution in [0.25, 0.3) is 10.6 Å². The van der Waals surface area contributed by atoms with E-state index in [4.69, 9.17) is 4.74 Å². The molecule has 1 N–H and O–H groups in total. The fourth-order valence-electron chi connectivity index (χ4n) is 1.57. The molecular weight excluding hydrogens is 341 g/mol. The average Bonchev–Trinajstić information content (AvgIpc) is 2.96. The van der Waals surface area contributed by atoms with Gasteiger partial charge in [0.25, 0.3) is 0 Å². The minimum atomic E-state index is -0.347. The lowest BCUT2D eigenvalue weighted by Crippen LogP contribution is -2.16. The molecule has 2 aromatic rings. The van der Waals surface area contributed by atoms with Gasteiger partial charge in [-0.25, -0.2) is 4.39 Å². The van der Waals surface area contributed by atoms with Gasteiger partial charge in [-0.05, 0) is 31.2 Å². The van der Waals surface area contributed by atoms with Gasteiger partial charge in [-0.1, -0.05) is 11.3 Å². The second kappa shape index (κ2) is 8.59. The molecule has 0 bridgehead atoms. The van der Waals surface area contributed by atoms with Gasteiger partial charge in [0.2, 0.25) is 11.0 Å². The van der Waals surface area contributed by atoms with Gasteiger partial charge in [0.1, 0.15) is 10.8 Å². The lowest BCUT2D eigenvalue weighted by atomic mass is 10.2. The van der Waals surface area contributed by atoms with Crippen molar-refractivity contribution in [1.82, 2.24) is 10.2 Å². The van der Waals surface area contributed by atoms with Gasteiger partial charge in [0.15, 0.2) is 0 Å². The highest BCUT2D eigenvalue weighted by Crippen LogP contribution is 2.26. The van der Waals surface area contributed by atoms with Crippen molar-refractivity contribution in [1.29, 1.82) is 0 Å². The molecule has 1 amide bonds. The summed E-state index contributed by atoms with van der Waals surface area (Å²) in [4.78, 5) is 22.9. The van der Waals surface area contributed by atoms with Crippen molar-refractivity contribution in [2.24, 2.45) is 0 Å². The van der Waals surface area contributed by atoms with E-state index in [2.05, 4.69) is 15.5 Å². The predicted molar refractivity (Wildman–Crippen MR) is 87.9 cm³/mol. The number of carbonyl (C=O) groups is 2. The lowest BCUT2D eigenvalue weighted by molar-refractivity contribution is -0.139. The van der Waals surface area contributed by atoms with Crippen LogP contribution >= 0.6 is 23.1 Å². The van der Waals surface area contributed by atoms with Crippen LogP contribution in [-0.4, -0.2) is 40.2 Å². The third kappa shape index (κ3) is 5.61. The summed E-state index contributed by atoms with van der Waals surface area (Å²) in [6.45, 7) is 2.05. The molecule has 0 atom stereocenters. The Labute approximate surface area is 140 Å². The molecule has 0 aliphatic carbocycles. The highest BCUT2D eigenvalue weighted by Gasteiger charge is 2.11. The minimum absolute atomic E-state index is 0.115. The molecule has 1 aromatic carbocycles. The van der Waals surface area contributed by atoms with Crippen molar-refractivity contribution >= 4 is 40.1 Å². The zero-order valence-electron chi connectivity index (χ0n) is 12.2. The number of hydrogen-bond donors (Lipinski definition) is 1. The molecule has 0 saturated carbocycles. The topological polar surface area (TPSA) is 81.2 Å². The number of esters is 1. The van der Waals surface area contributed by atoms with E-state index < -0.39 is 0 Å². The van der Waals surface area contributed by atoms with Crippen molar-refractivity contribution in [3.8, 4) is 10.6 Å². The van der Waals surface area contributed by atoms with Gasteiger partial charge in [-0.15, -0.1) is 22.0 Å². The number of hydrogen-bond acceptors (Lipinski definition) is 7. The molecule has 6 nitrogen and oxygen atoms in total. The first-order valence-corrected chi connectivity index (χ1v) is 8.68. The molecule has 23 heavy (non-hydrogen) atoms.